The van der Waals surface area contributed by atoms with Gasteiger partial charge in [-0.15, -0.1) is 0 Å². The van der Waals surface area contributed by atoms with Gasteiger partial charge in [-0.25, -0.2) is 4.99 Å². The molecule has 1 aliphatic rings. The molecule has 4 rings (SSSR count). The van der Waals surface area contributed by atoms with Crippen molar-refractivity contribution in [1.29, 1.82) is 0 Å². The van der Waals surface area contributed by atoms with Gasteiger partial charge in [0.05, 0.1) is 11.3 Å². The second-order valence-corrected chi connectivity index (χ2v) is 11.0. The number of carbonyl (C=O) groups excluding carboxylic acids is 2. The van der Waals surface area contributed by atoms with Gasteiger partial charge in [0.2, 0.25) is 11.8 Å². The number of hydrogen-bond donors (Lipinski definition) is 1. The molecule has 1 unspecified atom stereocenters. The number of alkyl halides is 3. The zero-order chi connectivity index (χ0) is 28.3. The maximum atomic E-state index is 13.4. The molecule has 0 bridgehead atoms. The highest BCUT2D eigenvalue weighted by Crippen LogP contribution is 2.34. The second kappa shape index (κ2) is 12.0. The van der Waals surface area contributed by atoms with E-state index in [-0.39, 0.29) is 24.6 Å². The molecule has 1 fully saturated rings. The number of aryl methyl sites for hydroxylation is 1. The minimum absolute atomic E-state index is 0.00350. The van der Waals surface area contributed by atoms with Crippen molar-refractivity contribution in [1.82, 2.24) is 4.90 Å². The lowest BCUT2D eigenvalue weighted by Gasteiger charge is -2.17. The first-order chi connectivity index (χ1) is 18.4. The average molecular weight is 594 g/mol. The van der Waals surface area contributed by atoms with Gasteiger partial charge >= 0.3 is 6.18 Å². The van der Waals surface area contributed by atoms with Crippen LogP contribution in [-0.4, -0.2) is 33.7 Å². The van der Waals surface area contributed by atoms with Crippen molar-refractivity contribution < 1.29 is 22.8 Å². The largest absolute Gasteiger partial charge is 0.416 e. The Morgan fingerprint density at radius 2 is 1.82 bits per heavy atom. The quantitative estimate of drug-likeness (QED) is 0.303. The van der Waals surface area contributed by atoms with Crippen molar-refractivity contribution in [2.75, 3.05) is 11.9 Å². The number of carbonyl (C=O) groups is 2. The highest BCUT2D eigenvalue weighted by molar-refractivity contribution is 8.15. The lowest BCUT2D eigenvalue weighted by Crippen LogP contribution is -2.35. The first-order valence-corrected chi connectivity index (χ1v) is 13.6. The summed E-state index contributed by atoms with van der Waals surface area (Å²) in [5.74, 6) is -0.887. The number of hydrogen-bond acceptors (Lipinski definition) is 4. The van der Waals surface area contributed by atoms with E-state index in [1.54, 1.807) is 18.2 Å². The summed E-state index contributed by atoms with van der Waals surface area (Å²) < 4.78 is 39.1. The number of thioether (sulfide) groups is 1. The predicted octanol–water partition coefficient (Wildman–Crippen LogP) is 7.83. The molecular formula is C28H24Cl2F3N3O2S. The van der Waals surface area contributed by atoms with Gasteiger partial charge in [-0.05, 0) is 73.4 Å². The lowest BCUT2D eigenvalue weighted by molar-refractivity contribution is -0.137. The summed E-state index contributed by atoms with van der Waals surface area (Å²) in [6, 6.07) is 15.2. The summed E-state index contributed by atoms with van der Waals surface area (Å²) in [5.41, 5.74) is 2.64. The van der Waals surface area contributed by atoms with E-state index < -0.39 is 22.9 Å². The van der Waals surface area contributed by atoms with Crippen LogP contribution in [0.1, 0.15) is 28.7 Å². The van der Waals surface area contributed by atoms with Gasteiger partial charge in [0.1, 0.15) is 5.25 Å². The summed E-state index contributed by atoms with van der Waals surface area (Å²) in [5, 5.41) is 3.10. The van der Waals surface area contributed by atoms with Crippen LogP contribution in [-0.2, 0) is 22.2 Å². The molecule has 1 atom stereocenters. The van der Waals surface area contributed by atoms with Crippen LogP contribution in [0.25, 0.3) is 0 Å². The fourth-order valence-corrected chi connectivity index (χ4v) is 5.68. The topological polar surface area (TPSA) is 61.8 Å². The van der Waals surface area contributed by atoms with E-state index in [4.69, 9.17) is 28.2 Å². The van der Waals surface area contributed by atoms with E-state index in [1.807, 2.05) is 32.0 Å². The Morgan fingerprint density at radius 1 is 1.08 bits per heavy atom. The highest BCUT2D eigenvalue weighted by atomic mass is 35.5. The first-order valence-electron chi connectivity index (χ1n) is 12.0. The predicted molar refractivity (Wildman–Crippen MR) is 151 cm³/mol. The number of amidine groups is 1. The summed E-state index contributed by atoms with van der Waals surface area (Å²) >= 11 is 13.5. The zero-order valence-electron chi connectivity index (χ0n) is 21.0. The standard InChI is InChI=1S/C28H24Cl2F3N3O2S/c1-16-5-3-8-23(17(16)2)35-27-36(12-11-18-9-10-20(29)14-22(18)30)26(38)24(39-27)15-25(37)34-21-7-4-6-19(13-21)28(31,32)33/h3-10,13-14,24H,11-12,15H2,1-2H3,(H,34,37). The van der Waals surface area contributed by atoms with Crippen molar-refractivity contribution in [3.63, 3.8) is 0 Å². The third-order valence-electron chi connectivity index (χ3n) is 6.28. The van der Waals surface area contributed by atoms with Crippen LogP contribution in [0.3, 0.4) is 0 Å². The van der Waals surface area contributed by atoms with Gasteiger partial charge in [0.25, 0.3) is 0 Å². The zero-order valence-corrected chi connectivity index (χ0v) is 23.3. The molecule has 3 aromatic rings. The van der Waals surface area contributed by atoms with Crippen LogP contribution < -0.4 is 5.32 Å². The van der Waals surface area contributed by atoms with E-state index in [9.17, 15) is 22.8 Å². The second-order valence-electron chi connectivity index (χ2n) is 9.03. The number of nitrogens with one attached hydrogen (secondary N) is 1. The molecule has 0 radical (unpaired) electrons. The van der Waals surface area contributed by atoms with E-state index >= 15 is 0 Å². The van der Waals surface area contributed by atoms with Crippen molar-refractivity contribution in [2.24, 2.45) is 4.99 Å². The van der Waals surface area contributed by atoms with Gasteiger partial charge in [0.15, 0.2) is 5.17 Å². The minimum Gasteiger partial charge on any atom is -0.326 e. The molecule has 0 aromatic heterocycles. The number of benzene rings is 3. The molecule has 1 saturated heterocycles. The molecule has 1 N–H and O–H groups in total. The number of amides is 2. The fraction of sp³-hybridized carbons (Fsp3) is 0.250. The summed E-state index contributed by atoms with van der Waals surface area (Å²) in [4.78, 5) is 32.5. The van der Waals surface area contributed by atoms with Crippen LogP contribution in [0.2, 0.25) is 10.0 Å². The molecule has 1 aliphatic heterocycles. The van der Waals surface area contributed by atoms with Gasteiger partial charge in [-0.3, -0.25) is 14.5 Å². The number of halogens is 5. The molecule has 2 amide bonds. The van der Waals surface area contributed by atoms with Gasteiger partial charge in [-0.1, -0.05) is 59.2 Å². The average Bonchev–Trinajstić information content (AvgIpc) is 3.14. The van der Waals surface area contributed by atoms with E-state index in [0.717, 1.165) is 40.6 Å². The molecule has 11 heteroatoms. The van der Waals surface area contributed by atoms with E-state index in [0.29, 0.717) is 27.3 Å². The highest BCUT2D eigenvalue weighted by Gasteiger charge is 2.39. The SMILES string of the molecule is Cc1cccc(N=C2SC(CC(=O)Nc3cccc(C(F)(F)F)c3)C(=O)N2CCc2ccc(Cl)cc2Cl)c1C. The minimum atomic E-state index is -4.54. The van der Waals surface area contributed by atoms with Crippen LogP contribution in [0.5, 0.6) is 0 Å². The first kappa shape index (κ1) is 29.0. The maximum Gasteiger partial charge on any atom is 0.416 e. The molecule has 0 aliphatic carbocycles. The molecule has 5 nitrogen and oxygen atoms in total. The monoisotopic (exact) mass is 593 g/mol. The van der Waals surface area contributed by atoms with Crippen LogP contribution in [0.15, 0.2) is 65.7 Å². The number of rotatable bonds is 7. The van der Waals surface area contributed by atoms with Gasteiger partial charge < -0.3 is 5.32 Å². The van der Waals surface area contributed by atoms with Crippen LogP contribution >= 0.6 is 35.0 Å². The molecular weight excluding hydrogens is 570 g/mol. The molecule has 1 heterocycles. The van der Waals surface area contributed by atoms with Crippen molar-refractivity contribution in [3.8, 4) is 0 Å². The summed E-state index contributed by atoms with van der Waals surface area (Å²) in [7, 11) is 0. The number of nitrogens with zero attached hydrogens (tertiary/aromatic N) is 2. The van der Waals surface area contributed by atoms with Crippen molar-refractivity contribution >= 4 is 63.3 Å². The Morgan fingerprint density at radius 3 is 2.54 bits per heavy atom. The van der Waals surface area contributed by atoms with Crippen molar-refractivity contribution in [3.05, 3.63) is 93.0 Å². The Bertz CT molecular complexity index is 1450. The van der Waals surface area contributed by atoms with Crippen molar-refractivity contribution in [2.45, 2.75) is 38.1 Å². The summed E-state index contributed by atoms with van der Waals surface area (Å²) in [6.45, 7) is 4.17. The lowest BCUT2D eigenvalue weighted by atomic mass is 10.1. The third kappa shape index (κ3) is 7.15. The number of anilines is 1. The Labute approximate surface area is 238 Å². The molecule has 204 valence electrons. The normalized spacial score (nSPS) is 16.7. The van der Waals surface area contributed by atoms with Crippen LogP contribution in [0.4, 0.5) is 24.5 Å². The Balaban J connectivity index is 1.55. The van der Waals surface area contributed by atoms with E-state index in [2.05, 4.69) is 5.32 Å². The smallest absolute Gasteiger partial charge is 0.326 e. The third-order valence-corrected chi connectivity index (χ3v) is 8.04. The molecule has 0 saturated carbocycles. The molecule has 39 heavy (non-hydrogen) atoms. The van der Waals surface area contributed by atoms with Crippen LogP contribution in [0, 0.1) is 13.8 Å². The fourth-order valence-electron chi connectivity index (χ4n) is 4.00. The number of aliphatic imine (C=N–C) groups is 1. The van der Waals surface area contributed by atoms with Gasteiger partial charge in [0, 0.05) is 28.7 Å². The van der Waals surface area contributed by atoms with Gasteiger partial charge in [-0.2, -0.15) is 13.2 Å². The summed E-state index contributed by atoms with van der Waals surface area (Å²) in [6.07, 6.45) is -4.34. The maximum absolute atomic E-state index is 13.4. The Kier molecular flexibility index (Phi) is 8.93. The van der Waals surface area contributed by atoms with E-state index in [1.165, 1.54) is 17.0 Å². The molecule has 0 spiro atoms. The molecule has 3 aromatic carbocycles. The Hall–Kier alpha value is -3.01.